The van der Waals surface area contributed by atoms with Crippen LogP contribution in [0.15, 0.2) is 48.7 Å². The highest BCUT2D eigenvalue weighted by Gasteiger charge is 2.35. The van der Waals surface area contributed by atoms with Gasteiger partial charge in [-0.15, -0.1) is 0 Å². The molecule has 4 N–H and O–H groups in total. The second-order valence-corrected chi connectivity index (χ2v) is 9.12. The first-order valence-electron chi connectivity index (χ1n) is 11.3. The smallest absolute Gasteiger partial charge is 0.416 e. The summed E-state index contributed by atoms with van der Waals surface area (Å²) < 4.78 is 60.9. The van der Waals surface area contributed by atoms with Crippen molar-refractivity contribution in [1.29, 1.82) is 0 Å². The van der Waals surface area contributed by atoms with E-state index in [1.54, 1.807) is 20.8 Å². The number of urea groups is 1. The number of aromatic hydroxyl groups is 1. The fourth-order valence-corrected chi connectivity index (χ4v) is 3.58. The van der Waals surface area contributed by atoms with Gasteiger partial charge in [0.25, 0.3) is 5.88 Å². The first-order valence-corrected chi connectivity index (χ1v) is 11.3. The maximum Gasteiger partial charge on any atom is 0.416 e. The molecule has 198 valence electrons. The number of rotatable bonds is 8. The molecule has 0 bridgehead atoms. The van der Waals surface area contributed by atoms with Crippen LogP contribution in [0.3, 0.4) is 0 Å². The lowest BCUT2D eigenvalue weighted by atomic mass is 9.85. The molecule has 1 heterocycles. The van der Waals surface area contributed by atoms with Gasteiger partial charge in [0.05, 0.1) is 17.9 Å². The lowest BCUT2D eigenvalue weighted by molar-refractivity contribution is -0.138. The number of carbonyl (C=O) groups excluding carboxylic acids is 1. The lowest BCUT2D eigenvalue weighted by Crippen LogP contribution is -2.23. The van der Waals surface area contributed by atoms with Gasteiger partial charge in [0.15, 0.2) is 5.75 Å². The number of anilines is 2. The Morgan fingerprint density at radius 1 is 1.05 bits per heavy atom. The molecule has 3 aromatic rings. The summed E-state index contributed by atoms with van der Waals surface area (Å²) in [6.07, 6.45) is -3.37. The number of aliphatic hydroxyl groups excluding tert-OH is 1. The third kappa shape index (κ3) is 7.10. The van der Waals surface area contributed by atoms with Gasteiger partial charge >= 0.3 is 12.2 Å². The fraction of sp³-hybridized carbons (Fsp3) is 0.308. The molecule has 0 atom stereocenters. The summed E-state index contributed by atoms with van der Waals surface area (Å²) in [5.41, 5.74) is -1.20. The van der Waals surface area contributed by atoms with Crippen molar-refractivity contribution in [2.24, 2.45) is 5.41 Å². The number of hydrogen-bond donors (Lipinski definition) is 4. The number of nitrogens with zero attached hydrogens (tertiary/aromatic N) is 1. The first-order chi connectivity index (χ1) is 17.3. The Morgan fingerprint density at radius 3 is 2.41 bits per heavy atom. The van der Waals surface area contributed by atoms with Crippen LogP contribution >= 0.6 is 0 Å². The molecule has 0 aliphatic heterocycles. The molecule has 0 aliphatic rings. The molecule has 2 aromatic carbocycles. The Hall–Kier alpha value is -3.86. The van der Waals surface area contributed by atoms with E-state index in [0.717, 1.165) is 12.1 Å². The Labute approximate surface area is 211 Å². The molecule has 2 amide bonds. The second-order valence-electron chi connectivity index (χ2n) is 9.12. The summed E-state index contributed by atoms with van der Waals surface area (Å²) >= 11 is 0. The predicted molar refractivity (Wildman–Crippen MR) is 131 cm³/mol. The highest BCUT2D eigenvalue weighted by atomic mass is 19.4. The topological polar surface area (TPSA) is 104 Å². The van der Waals surface area contributed by atoms with Crippen LogP contribution in [0.4, 0.5) is 33.7 Å². The normalized spacial score (nSPS) is 11.8. The van der Waals surface area contributed by atoms with Gasteiger partial charge < -0.3 is 25.6 Å². The van der Waals surface area contributed by atoms with Gasteiger partial charge in [-0.05, 0) is 60.2 Å². The van der Waals surface area contributed by atoms with Gasteiger partial charge in [-0.25, -0.2) is 14.2 Å². The third-order valence-corrected chi connectivity index (χ3v) is 5.45. The van der Waals surface area contributed by atoms with Crippen molar-refractivity contribution in [3.05, 3.63) is 65.6 Å². The van der Waals surface area contributed by atoms with E-state index < -0.39 is 29.0 Å². The molecule has 0 fully saturated rings. The Bertz CT molecular complexity index is 1280. The molecule has 7 nitrogen and oxygen atoms in total. The van der Waals surface area contributed by atoms with Gasteiger partial charge in [-0.3, -0.25) is 0 Å². The number of alkyl halides is 3. The molecule has 0 unspecified atom stereocenters. The van der Waals surface area contributed by atoms with Gasteiger partial charge in [0, 0.05) is 24.1 Å². The molecule has 0 saturated heterocycles. The van der Waals surface area contributed by atoms with E-state index in [1.807, 2.05) is 0 Å². The minimum Gasteiger partial charge on any atom is -0.491 e. The van der Waals surface area contributed by atoms with Crippen LogP contribution in [-0.2, 0) is 12.6 Å². The van der Waals surface area contributed by atoms with Crippen molar-refractivity contribution in [2.45, 2.75) is 33.4 Å². The zero-order chi connectivity index (χ0) is 27.4. The largest absolute Gasteiger partial charge is 0.491 e. The number of nitrogens with one attached hydrogen (secondary N) is 2. The van der Waals surface area contributed by atoms with Crippen molar-refractivity contribution in [3.63, 3.8) is 0 Å². The van der Waals surface area contributed by atoms with Crippen molar-refractivity contribution >= 4 is 17.4 Å². The molecule has 0 aliphatic carbocycles. The molecule has 0 saturated carbocycles. The van der Waals surface area contributed by atoms with Crippen LogP contribution in [0.5, 0.6) is 11.6 Å². The number of amides is 2. The maximum absolute atomic E-state index is 14.7. The van der Waals surface area contributed by atoms with Crippen LogP contribution in [0, 0.1) is 11.2 Å². The molecule has 3 rings (SSSR count). The zero-order valence-electron chi connectivity index (χ0n) is 20.4. The van der Waals surface area contributed by atoms with E-state index in [4.69, 9.17) is 4.74 Å². The van der Waals surface area contributed by atoms with E-state index >= 15 is 0 Å². The van der Waals surface area contributed by atoms with Crippen molar-refractivity contribution in [3.8, 4) is 22.8 Å². The molecular formula is C26H27F4N3O4. The van der Waals surface area contributed by atoms with Crippen molar-refractivity contribution in [1.82, 2.24) is 4.98 Å². The van der Waals surface area contributed by atoms with Crippen LogP contribution < -0.4 is 15.4 Å². The van der Waals surface area contributed by atoms with E-state index in [2.05, 4.69) is 15.6 Å². The summed E-state index contributed by atoms with van der Waals surface area (Å²) in [5, 5.41) is 23.7. The van der Waals surface area contributed by atoms with Gasteiger partial charge in [0.2, 0.25) is 0 Å². The van der Waals surface area contributed by atoms with Crippen LogP contribution in [0.1, 0.15) is 31.9 Å². The Balaban J connectivity index is 1.77. The molecule has 0 radical (unpaired) electrons. The molecule has 1 aromatic heterocycles. The van der Waals surface area contributed by atoms with E-state index in [9.17, 15) is 32.6 Å². The molecular weight excluding hydrogens is 494 g/mol. The Morgan fingerprint density at radius 2 is 1.78 bits per heavy atom. The molecule has 0 spiro atoms. The predicted octanol–water partition coefficient (Wildman–Crippen LogP) is 6.22. The third-order valence-electron chi connectivity index (χ3n) is 5.45. The molecule has 11 heteroatoms. The van der Waals surface area contributed by atoms with E-state index in [1.165, 1.54) is 36.5 Å². The summed E-state index contributed by atoms with van der Waals surface area (Å²) in [5.74, 6) is -0.970. The Kier molecular flexibility index (Phi) is 8.27. The highest BCUT2D eigenvalue weighted by Crippen LogP contribution is 2.37. The summed E-state index contributed by atoms with van der Waals surface area (Å²) in [4.78, 5) is 16.2. The van der Waals surface area contributed by atoms with E-state index in [-0.39, 0.29) is 41.6 Å². The van der Waals surface area contributed by atoms with Crippen molar-refractivity contribution < 1.29 is 37.3 Å². The molecule has 37 heavy (non-hydrogen) atoms. The number of hydrogen-bond acceptors (Lipinski definition) is 5. The van der Waals surface area contributed by atoms with Crippen LogP contribution in [-0.4, -0.2) is 34.4 Å². The fourth-order valence-electron chi connectivity index (χ4n) is 3.58. The SMILES string of the molecule is CCOc1cc(-c2ccc(NC(=O)Nc3ccc(CC(C)(C)CO)c(C(F)(F)F)c3)c(F)c2)cnc1O. The number of aliphatic hydroxyl groups is 1. The standard InChI is InChI=1S/C26H27F4N3O4/c1-4-37-22-10-17(13-31-23(22)35)15-6-8-21(20(27)9-15)33-24(36)32-18-7-5-16(12-25(2,3)14-34)19(11-18)26(28,29)30/h5-11,13,34H,4,12,14H2,1-3H3,(H,31,35)(H2,32,33,36). The van der Waals surface area contributed by atoms with Crippen LogP contribution in [0.2, 0.25) is 0 Å². The second kappa shape index (κ2) is 11.0. The summed E-state index contributed by atoms with van der Waals surface area (Å²) in [6, 6.07) is 7.84. The number of carbonyl (C=O) groups is 1. The number of benzene rings is 2. The van der Waals surface area contributed by atoms with Gasteiger partial charge in [0.1, 0.15) is 5.82 Å². The summed E-state index contributed by atoms with van der Waals surface area (Å²) in [6.45, 7) is 5.01. The first kappa shape index (κ1) is 27.7. The van der Waals surface area contributed by atoms with Crippen molar-refractivity contribution in [2.75, 3.05) is 23.8 Å². The monoisotopic (exact) mass is 521 g/mol. The maximum atomic E-state index is 14.7. The quantitative estimate of drug-likeness (QED) is 0.264. The average molecular weight is 522 g/mol. The number of ether oxygens (including phenoxy) is 1. The average Bonchev–Trinajstić information content (AvgIpc) is 2.82. The highest BCUT2D eigenvalue weighted by molar-refractivity contribution is 6.00. The van der Waals surface area contributed by atoms with E-state index in [0.29, 0.717) is 17.7 Å². The lowest BCUT2D eigenvalue weighted by Gasteiger charge is -2.24. The van der Waals surface area contributed by atoms with Gasteiger partial charge in [-0.2, -0.15) is 13.2 Å². The minimum absolute atomic E-state index is 0.0182. The minimum atomic E-state index is -4.68. The summed E-state index contributed by atoms with van der Waals surface area (Å²) in [7, 11) is 0. The zero-order valence-corrected chi connectivity index (χ0v) is 20.4. The van der Waals surface area contributed by atoms with Gasteiger partial charge in [-0.1, -0.05) is 26.0 Å². The van der Waals surface area contributed by atoms with Crippen LogP contribution in [0.25, 0.3) is 11.1 Å². The number of aromatic nitrogens is 1. The number of pyridine rings is 1. The number of halogens is 4.